The number of amides is 1. The zero-order chi connectivity index (χ0) is 10.9. The topological polar surface area (TPSA) is 98.2 Å². The molecule has 76 valence electrons. The second-order valence-corrected chi connectivity index (χ2v) is 3.02. The van der Waals surface area contributed by atoms with E-state index in [9.17, 15) is 9.59 Å². The maximum Gasteiger partial charge on any atom is 0.356 e. The standard InChI is InChI=1S/C8H11N3O3/c1-4-3-11(5(2)7(9)12)10-6(4)8(13)14/h3,5H,1-2H3,(H2,9,12)(H,13,14). The SMILES string of the molecule is Cc1cn(C(C)C(N)=O)nc1C(=O)O. The number of hydrogen-bond donors (Lipinski definition) is 2. The predicted molar refractivity (Wildman–Crippen MR) is 47.8 cm³/mol. The fourth-order valence-electron chi connectivity index (χ4n) is 1.02. The lowest BCUT2D eigenvalue weighted by atomic mass is 10.3. The second-order valence-electron chi connectivity index (χ2n) is 3.02. The number of aryl methyl sites for hydroxylation is 1. The average molecular weight is 197 g/mol. The number of carboxylic acids is 1. The maximum atomic E-state index is 10.8. The minimum absolute atomic E-state index is 0.0573. The van der Waals surface area contributed by atoms with Gasteiger partial charge in [-0.15, -0.1) is 0 Å². The van der Waals surface area contributed by atoms with Crippen molar-refractivity contribution in [3.05, 3.63) is 17.5 Å². The van der Waals surface area contributed by atoms with Crippen LogP contribution in [0.1, 0.15) is 29.0 Å². The quantitative estimate of drug-likeness (QED) is 0.708. The van der Waals surface area contributed by atoms with Gasteiger partial charge in [0.2, 0.25) is 5.91 Å². The van der Waals surface area contributed by atoms with Crippen LogP contribution in [0.5, 0.6) is 0 Å². The Labute approximate surface area is 80.3 Å². The van der Waals surface area contributed by atoms with Gasteiger partial charge in [0.15, 0.2) is 5.69 Å². The summed E-state index contributed by atoms with van der Waals surface area (Å²) < 4.78 is 1.25. The largest absolute Gasteiger partial charge is 0.476 e. The first-order valence-electron chi connectivity index (χ1n) is 4.02. The van der Waals surface area contributed by atoms with E-state index in [-0.39, 0.29) is 5.69 Å². The van der Waals surface area contributed by atoms with Crippen molar-refractivity contribution in [2.75, 3.05) is 0 Å². The van der Waals surface area contributed by atoms with E-state index in [1.807, 2.05) is 0 Å². The third-order valence-electron chi connectivity index (χ3n) is 1.93. The Morgan fingerprint density at radius 1 is 1.64 bits per heavy atom. The van der Waals surface area contributed by atoms with E-state index in [0.717, 1.165) is 0 Å². The second kappa shape index (κ2) is 3.49. The molecule has 0 fully saturated rings. The summed E-state index contributed by atoms with van der Waals surface area (Å²) in [5, 5.41) is 12.5. The zero-order valence-corrected chi connectivity index (χ0v) is 7.89. The van der Waals surface area contributed by atoms with Crippen LogP contribution in [0, 0.1) is 6.92 Å². The molecule has 6 heteroatoms. The molecule has 0 saturated carbocycles. The molecule has 1 unspecified atom stereocenters. The van der Waals surface area contributed by atoms with Gasteiger partial charge in [-0.25, -0.2) is 4.79 Å². The molecule has 0 radical (unpaired) electrons. The van der Waals surface area contributed by atoms with Gasteiger partial charge in [-0.05, 0) is 13.8 Å². The van der Waals surface area contributed by atoms with Crippen molar-refractivity contribution in [3.63, 3.8) is 0 Å². The third kappa shape index (κ3) is 1.73. The van der Waals surface area contributed by atoms with Gasteiger partial charge >= 0.3 is 5.97 Å². The van der Waals surface area contributed by atoms with Gasteiger partial charge in [0.25, 0.3) is 0 Å². The summed E-state index contributed by atoms with van der Waals surface area (Å²) in [6.07, 6.45) is 1.48. The number of carboxylic acid groups (broad SMARTS) is 1. The number of primary amides is 1. The molecule has 6 nitrogen and oxygen atoms in total. The number of rotatable bonds is 3. The average Bonchev–Trinajstić information content (AvgIpc) is 2.45. The highest BCUT2D eigenvalue weighted by Gasteiger charge is 2.17. The number of aromatic nitrogens is 2. The van der Waals surface area contributed by atoms with Crippen LogP contribution >= 0.6 is 0 Å². The van der Waals surface area contributed by atoms with Crippen molar-refractivity contribution >= 4 is 11.9 Å². The van der Waals surface area contributed by atoms with Crippen molar-refractivity contribution < 1.29 is 14.7 Å². The molecular weight excluding hydrogens is 186 g/mol. The molecule has 1 aromatic heterocycles. The Kier molecular flexibility index (Phi) is 2.55. The van der Waals surface area contributed by atoms with Gasteiger partial charge in [0, 0.05) is 11.8 Å². The van der Waals surface area contributed by atoms with Crippen LogP contribution in [0.15, 0.2) is 6.20 Å². The highest BCUT2D eigenvalue weighted by Crippen LogP contribution is 2.10. The molecule has 1 heterocycles. The van der Waals surface area contributed by atoms with Crippen LogP contribution in [0.25, 0.3) is 0 Å². The first-order valence-corrected chi connectivity index (χ1v) is 4.02. The summed E-state index contributed by atoms with van der Waals surface area (Å²) in [6.45, 7) is 3.17. The lowest BCUT2D eigenvalue weighted by Crippen LogP contribution is -2.24. The molecule has 1 atom stereocenters. The Balaban J connectivity index is 3.08. The Hall–Kier alpha value is -1.85. The minimum Gasteiger partial charge on any atom is -0.476 e. The number of nitrogens with zero attached hydrogens (tertiary/aromatic N) is 2. The first kappa shape index (κ1) is 10.2. The van der Waals surface area contributed by atoms with Crippen LogP contribution in [0.3, 0.4) is 0 Å². The Morgan fingerprint density at radius 3 is 2.57 bits per heavy atom. The van der Waals surface area contributed by atoms with Crippen LogP contribution in [0.2, 0.25) is 0 Å². The monoisotopic (exact) mass is 197 g/mol. The van der Waals surface area contributed by atoms with Gasteiger partial charge < -0.3 is 10.8 Å². The molecule has 1 aromatic rings. The van der Waals surface area contributed by atoms with E-state index in [2.05, 4.69) is 5.10 Å². The Morgan fingerprint density at radius 2 is 2.21 bits per heavy atom. The minimum atomic E-state index is -1.11. The van der Waals surface area contributed by atoms with Gasteiger partial charge in [-0.2, -0.15) is 5.10 Å². The number of nitrogens with two attached hydrogens (primary N) is 1. The summed E-state index contributed by atoms with van der Waals surface area (Å²) in [4.78, 5) is 21.4. The lowest BCUT2D eigenvalue weighted by Gasteiger charge is -2.06. The number of carbonyl (C=O) groups is 2. The van der Waals surface area contributed by atoms with Crippen LogP contribution < -0.4 is 5.73 Å². The molecule has 0 spiro atoms. The molecule has 1 amide bonds. The molecular formula is C8H11N3O3. The van der Waals surface area contributed by atoms with Gasteiger partial charge in [0.1, 0.15) is 6.04 Å². The fourth-order valence-corrected chi connectivity index (χ4v) is 1.02. The van der Waals surface area contributed by atoms with Crippen LogP contribution in [0.4, 0.5) is 0 Å². The van der Waals surface area contributed by atoms with E-state index in [4.69, 9.17) is 10.8 Å². The normalized spacial score (nSPS) is 12.4. The van der Waals surface area contributed by atoms with E-state index in [1.54, 1.807) is 13.8 Å². The first-order chi connectivity index (χ1) is 6.43. The van der Waals surface area contributed by atoms with E-state index in [0.29, 0.717) is 5.56 Å². The smallest absolute Gasteiger partial charge is 0.356 e. The Bertz CT molecular complexity index is 383. The van der Waals surface area contributed by atoms with Crippen LogP contribution in [-0.2, 0) is 4.79 Å². The highest BCUT2D eigenvalue weighted by atomic mass is 16.4. The van der Waals surface area contributed by atoms with Crippen molar-refractivity contribution in [1.29, 1.82) is 0 Å². The summed E-state index contributed by atoms with van der Waals surface area (Å²) in [6, 6.07) is -0.637. The molecule has 0 aliphatic heterocycles. The van der Waals surface area contributed by atoms with Crippen molar-refractivity contribution in [1.82, 2.24) is 9.78 Å². The summed E-state index contributed by atoms with van der Waals surface area (Å²) in [5.41, 5.74) is 5.50. The molecule has 0 aliphatic rings. The summed E-state index contributed by atoms with van der Waals surface area (Å²) in [7, 11) is 0. The molecule has 0 aliphatic carbocycles. The van der Waals surface area contributed by atoms with Crippen molar-refractivity contribution in [2.24, 2.45) is 5.73 Å². The maximum absolute atomic E-state index is 10.8. The van der Waals surface area contributed by atoms with Gasteiger partial charge in [0.05, 0.1) is 0 Å². The number of aromatic carboxylic acids is 1. The van der Waals surface area contributed by atoms with Gasteiger partial charge in [-0.3, -0.25) is 9.48 Å². The molecule has 14 heavy (non-hydrogen) atoms. The van der Waals surface area contributed by atoms with Crippen LogP contribution in [-0.4, -0.2) is 26.8 Å². The van der Waals surface area contributed by atoms with E-state index < -0.39 is 17.9 Å². The summed E-state index contributed by atoms with van der Waals surface area (Å²) in [5.74, 6) is -1.66. The summed E-state index contributed by atoms with van der Waals surface area (Å²) >= 11 is 0. The van der Waals surface area contributed by atoms with E-state index in [1.165, 1.54) is 10.9 Å². The molecule has 0 bridgehead atoms. The van der Waals surface area contributed by atoms with E-state index >= 15 is 0 Å². The number of carbonyl (C=O) groups excluding carboxylic acids is 1. The third-order valence-corrected chi connectivity index (χ3v) is 1.93. The molecule has 3 N–H and O–H groups in total. The zero-order valence-electron chi connectivity index (χ0n) is 7.89. The molecule has 0 aromatic carbocycles. The van der Waals surface area contributed by atoms with Gasteiger partial charge in [-0.1, -0.05) is 0 Å². The molecule has 1 rings (SSSR count). The number of hydrogen-bond acceptors (Lipinski definition) is 3. The van der Waals surface area contributed by atoms with Crippen molar-refractivity contribution in [2.45, 2.75) is 19.9 Å². The van der Waals surface area contributed by atoms with Crippen molar-refractivity contribution in [3.8, 4) is 0 Å². The molecule has 0 saturated heterocycles. The predicted octanol–water partition coefficient (Wildman–Crippen LogP) is -0.0640. The highest BCUT2D eigenvalue weighted by molar-refractivity contribution is 5.87. The lowest BCUT2D eigenvalue weighted by molar-refractivity contribution is -0.120. The fraction of sp³-hybridized carbons (Fsp3) is 0.375.